The van der Waals surface area contributed by atoms with E-state index in [9.17, 15) is 4.79 Å². The Labute approximate surface area is 98.9 Å². The molecule has 2 atom stereocenters. The summed E-state index contributed by atoms with van der Waals surface area (Å²) in [5.41, 5.74) is 1.61. The van der Waals surface area contributed by atoms with Crippen molar-refractivity contribution in [2.75, 3.05) is 18.4 Å². The van der Waals surface area contributed by atoms with Crippen LogP contribution in [0.3, 0.4) is 0 Å². The maximum absolute atomic E-state index is 11.9. The van der Waals surface area contributed by atoms with Gasteiger partial charge in [0.25, 0.3) is 0 Å². The van der Waals surface area contributed by atoms with Crippen molar-refractivity contribution in [3.8, 4) is 0 Å². The average molecular weight is 240 g/mol. The van der Waals surface area contributed by atoms with Crippen LogP contribution in [0.25, 0.3) is 0 Å². The van der Waals surface area contributed by atoms with E-state index < -0.39 is 0 Å². The number of hydrogen-bond donors (Lipinski definition) is 1. The Morgan fingerprint density at radius 3 is 3.00 bits per heavy atom. The second kappa shape index (κ2) is 4.78. The highest BCUT2D eigenvalue weighted by molar-refractivity contribution is 7.13. The Bertz CT molecular complexity index is 354. The van der Waals surface area contributed by atoms with Gasteiger partial charge in [-0.3, -0.25) is 5.32 Å². The number of carbonyl (C=O) groups excluding carboxylic acids is 1. The van der Waals surface area contributed by atoms with Crippen molar-refractivity contribution >= 4 is 22.5 Å². The Morgan fingerprint density at radius 2 is 2.38 bits per heavy atom. The first-order valence-electron chi connectivity index (χ1n) is 5.49. The van der Waals surface area contributed by atoms with Crippen molar-refractivity contribution in [3.63, 3.8) is 0 Å². The molecule has 2 rings (SSSR count). The van der Waals surface area contributed by atoms with Crippen LogP contribution < -0.4 is 5.32 Å². The van der Waals surface area contributed by atoms with Crippen LogP contribution in [0.2, 0.25) is 0 Å². The molecule has 0 unspecified atom stereocenters. The summed E-state index contributed by atoms with van der Waals surface area (Å²) in [7, 11) is 0. The number of nitrogens with one attached hydrogen (secondary N) is 1. The molecule has 0 saturated carbocycles. The molecule has 16 heavy (non-hydrogen) atoms. The molecule has 0 aliphatic carbocycles. The number of amides is 2. The predicted molar refractivity (Wildman–Crippen MR) is 63.4 cm³/mol. The molecule has 5 nitrogen and oxygen atoms in total. The van der Waals surface area contributed by atoms with Crippen molar-refractivity contribution in [2.45, 2.75) is 20.3 Å². The number of urea groups is 1. The number of rotatable bonds is 1. The second-order valence-corrected chi connectivity index (χ2v) is 5.20. The highest BCUT2D eigenvalue weighted by Gasteiger charge is 2.26. The summed E-state index contributed by atoms with van der Waals surface area (Å²) in [6, 6.07) is -0.0597. The Morgan fingerprint density at radius 1 is 1.56 bits per heavy atom. The molecule has 0 spiro atoms. The average Bonchev–Trinajstić information content (AvgIpc) is 2.74. The summed E-state index contributed by atoms with van der Waals surface area (Å²) in [4.78, 5) is 13.7. The summed E-state index contributed by atoms with van der Waals surface area (Å²) >= 11 is 1.34. The van der Waals surface area contributed by atoms with Crippen molar-refractivity contribution in [3.05, 3.63) is 5.51 Å². The van der Waals surface area contributed by atoms with E-state index in [0.717, 1.165) is 19.5 Å². The minimum Gasteiger partial charge on any atom is -0.324 e. The number of nitrogens with zero attached hydrogens (tertiary/aromatic N) is 3. The first kappa shape index (κ1) is 11.3. The highest BCUT2D eigenvalue weighted by Crippen LogP contribution is 2.23. The monoisotopic (exact) mass is 240 g/mol. The van der Waals surface area contributed by atoms with Crippen LogP contribution in [-0.2, 0) is 0 Å². The third kappa shape index (κ3) is 2.49. The zero-order chi connectivity index (χ0) is 11.5. The minimum absolute atomic E-state index is 0.0597. The van der Waals surface area contributed by atoms with Gasteiger partial charge in [-0.25, -0.2) is 4.79 Å². The lowest BCUT2D eigenvalue weighted by molar-refractivity contribution is 0.154. The fourth-order valence-corrected chi connectivity index (χ4v) is 2.28. The van der Waals surface area contributed by atoms with Gasteiger partial charge in [-0.1, -0.05) is 25.2 Å². The van der Waals surface area contributed by atoms with Crippen LogP contribution >= 0.6 is 11.3 Å². The lowest BCUT2D eigenvalue weighted by Gasteiger charge is -2.34. The maximum Gasteiger partial charge on any atom is 0.323 e. The predicted octanol–water partition coefficient (Wildman–Crippen LogP) is 2.05. The zero-order valence-corrected chi connectivity index (χ0v) is 10.3. The van der Waals surface area contributed by atoms with Gasteiger partial charge in [0.15, 0.2) is 0 Å². The van der Waals surface area contributed by atoms with Crippen LogP contribution in [0, 0.1) is 11.8 Å². The lowest BCUT2D eigenvalue weighted by Crippen LogP contribution is -2.44. The van der Waals surface area contributed by atoms with Gasteiger partial charge in [0.05, 0.1) is 0 Å². The van der Waals surface area contributed by atoms with Crippen LogP contribution in [0.4, 0.5) is 9.93 Å². The fraction of sp³-hybridized carbons (Fsp3) is 0.700. The van der Waals surface area contributed by atoms with E-state index in [1.54, 1.807) is 5.51 Å². The van der Waals surface area contributed by atoms with E-state index in [2.05, 4.69) is 29.4 Å². The molecule has 2 amide bonds. The smallest absolute Gasteiger partial charge is 0.323 e. The van der Waals surface area contributed by atoms with Crippen LogP contribution in [0.5, 0.6) is 0 Å². The van der Waals surface area contributed by atoms with Crippen molar-refractivity contribution in [1.82, 2.24) is 15.1 Å². The van der Waals surface area contributed by atoms with Crippen LogP contribution in [0.1, 0.15) is 20.3 Å². The SMILES string of the molecule is C[C@@H]1CCN(C(=O)Nc2nncs2)C[C@@H]1C. The van der Waals surface area contributed by atoms with Gasteiger partial charge in [-0.05, 0) is 18.3 Å². The fourth-order valence-electron chi connectivity index (χ4n) is 1.85. The molecule has 1 aromatic rings. The summed E-state index contributed by atoms with van der Waals surface area (Å²) in [5.74, 6) is 1.26. The van der Waals surface area contributed by atoms with Crippen LogP contribution in [0.15, 0.2) is 5.51 Å². The number of carbonyl (C=O) groups is 1. The number of aromatic nitrogens is 2. The Hall–Kier alpha value is -1.17. The molecule has 1 aliphatic heterocycles. The van der Waals surface area contributed by atoms with E-state index >= 15 is 0 Å². The van der Waals surface area contributed by atoms with Gasteiger partial charge in [-0.15, -0.1) is 10.2 Å². The van der Waals surface area contributed by atoms with Crippen LogP contribution in [-0.4, -0.2) is 34.2 Å². The summed E-state index contributed by atoms with van der Waals surface area (Å²) < 4.78 is 0. The summed E-state index contributed by atoms with van der Waals surface area (Å²) in [6.45, 7) is 6.08. The van der Waals surface area contributed by atoms with Gasteiger partial charge in [0, 0.05) is 13.1 Å². The molecule has 1 aromatic heterocycles. The van der Waals surface area contributed by atoms with E-state index in [1.807, 2.05) is 4.90 Å². The van der Waals surface area contributed by atoms with Gasteiger partial charge < -0.3 is 4.90 Å². The number of piperidine rings is 1. The zero-order valence-electron chi connectivity index (χ0n) is 9.51. The normalized spacial score (nSPS) is 25.5. The molecular formula is C10H16N4OS. The molecule has 1 aliphatic rings. The summed E-state index contributed by atoms with van der Waals surface area (Å²) in [5, 5.41) is 10.8. The number of likely N-dealkylation sites (tertiary alicyclic amines) is 1. The van der Waals surface area contributed by atoms with Gasteiger partial charge in [-0.2, -0.15) is 0 Å². The van der Waals surface area contributed by atoms with Gasteiger partial charge in [0.1, 0.15) is 5.51 Å². The largest absolute Gasteiger partial charge is 0.324 e. The third-order valence-electron chi connectivity index (χ3n) is 3.20. The standard InChI is InChI=1S/C10H16N4OS/c1-7-3-4-14(5-8(7)2)10(15)12-9-13-11-6-16-9/h6-8H,3-5H2,1-2H3,(H,12,13,15)/t7-,8+/m1/s1. The Kier molecular flexibility index (Phi) is 3.38. The molecule has 0 radical (unpaired) electrons. The topological polar surface area (TPSA) is 58.1 Å². The van der Waals surface area contributed by atoms with E-state index in [0.29, 0.717) is 17.0 Å². The van der Waals surface area contributed by atoms with E-state index in [-0.39, 0.29) is 6.03 Å². The van der Waals surface area contributed by atoms with E-state index in [4.69, 9.17) is 0 Å². The molecule has 0 bridgehead atoms. The van der Waals surface area contributed by atoms with Gasteiger partial charge >= 0.3 is 6.03 Å². The van der Waals surface area contributed by atoms with Crippen molar-refractivity contribution in [2.24, 2.45) is 11.8 Å². The first-order chi connectivity index (χ1) is 7.66. The molecule has 6 heteroatoms. The maximum atomic E-state index is 11.9. The van der Waals surface area contributed by atoms with E-state index in [1.165, 1.54) is 11.3 Å². The molecule has 1 fully saturated rings. The molecule has 2 heterocycles. The first-order valence-corrected chi connectivity index (χ1v) is 6.37. The second-order valence-electron chi connectivity index (χ2n) is 4.36. The minimum atomic E-state index is -0.0597. The lowest BCUT2D eigenvalue weighted by atomic mass is 9.89. The molecular weight excluding hydrogens is 224 g/mol. The molecule has 1 N–H and O–H groups in total. The third-order valence-corrected chi connectivity index (χ3v) is 3.80. The quantitative estimate of drug-likeness (QED) is 0.817. The highest BCUT2D eigenvalue weighted by atomic mass is 32.1. The summed E-state index contributed by atoms with van der Waals surface area (Å²) in [6.07, 6.45) is 1.07. The van der Waals surface area contributed by atoms with Crippen molar-refractivity contribution < 1.29 is 4.79 Å². The molecule has 1 saturated heterocycles. The molecule has 88 valence electrons. The number of hydrogen-bond acceptors (Lipinski definition) is 4. The number of anilines is 1. The molecule has 0 aromatic carbocycles. The van der Waals surface area contributed by atoms with Gasteiger partial charge in [0.2, 0.25) is 5.13 Å². The Balaban J connectivity index is 1.90. The van der Waals surface area contributed by atoms with Crippen molar-refractivity contribution in [1.29, 1.82) is 0 Å².